The molecule has 3 rings (SSSR count). The quantitative estimate of drug-likeness (QED) is 0.670. The number of nitrogens with zero attached hydrogens (tertiary/aromatic N) is 3. The molecule has 0 unspecified atom stereocenters. The monoisotopic (exact) mass is 290 g/mol. The van der Waals surface area contributed by atoms with E-state index >= 15 is 0 Å². The molecule has 3 aromatic rings. The van der Waals surface area contributed by atoms with Gasteiger partial charge in [-0.3, -0.25) is 0 Å². The fourth-order valence-corrected chi connectivity index (χ4v) is 2.26. The predicted molar refractivity (Wildman–Crippen MR) is 87.5 cm³/mol. The summed E-state index contributed by atoms with van der Waals surface area (Å²) in [5, 5.41) is 9.89. The van der Waals surface area contributed by atoms with E-state index in [0.29, 0.717) is 22.3 Å². The van der Waals surface area contributed by atoms with Crippen LogP contribution < -0.4 is 11.5 Å². The first kappa shape index (κ1) is 13.6. The molecular formula is C16H14N6. The summed E-state index contributed by atoms with van der Waals surface area (Å²) < 4.78 is 0. The maximum atomic E-state index is 9.39. The van der Waals surface area contributed by atoms with Crippen LogP contribution >= 0.6 is 0 Å². The highest BCUT2D eigenvalue weighted by atomic mass is 15.1. The highest BCUT2D eigenvalue weighted by Crippen LogP contribution is 2.26. The Morgan fingerprint density at radius 3 is 2.55 bits per heavy atom. The van der Waals surface area contributed by atoms with Gasteiger partial charge < -0.3 is 16.5 Å². The van der Waals surface area contributed by atoms with E-state index < -0.39 is 0 Å². The zero-order valence-corrected chi connectivity index (χ0v) is 12.0. The summed E-state index contributed by atoms with van der Waals surface area (Å²) in [4.78, 5) is 11.0. The first-order valence-corrected chi connectivity index (χ1v) is 6.68. The van der Waals surface area contributed by atoms with Gasteiger partial charge in [0.2, 0.25) is 5.95 Å². The van der Waals surface area contributed by atoms with Gasteiger partial charge in [0.15, 0.2) is 0 Å². The molecule has 0 saturated heterocycles. The molecule has 0 aliphatic rings. The number of hydrogen-bond donors (Lipinski definition) is 3. The standard InChI is InChI=1S/C16H14N6/c1-9-2-4-10(5-3-9)6-7-12-11(8-17)13-14(18)21-16(19)22-15(13)20-12/h2-7H,1H3,(H5,18,19,20,21,22)/b7-6+. The van der Waals surface area contributed by atoms with Gasteiger partial charge in [-0.2, -0.15) is 15.2 Å². The van der Waals surface area contributed by atoms with E-state index in [4.69, 9.17) is 11.5 Å². The van der Waals surface area contributed by atoms with Crippen LogP contribution in [0.25, 0.3) is 23.2 Å². The van der Waals surface area contributed by atoms with Crippen LogP contribution in [0.1, 0.15) is 22.4 Å². The van der Waals surface area contributed by atoms with Crippen molar-refractivity contribution < 1.29 is 0 Å². The molecule has 0 spiro atoms. The van der Waals surface area contributed by atoms with Crippen molar-refractivity contribution in [2.75, 3.05) is 11.5 Å². The molecule has 2 aromatic heterocycles. The van der Waals surface area contributed by atoms with Crippen molar-refractivity contribution in [3.05, 3.63) is 46.6 Å². The van der Waals surface area contributed by atoms with Crippen molar-refractivity contribution in [3.8, 4) is 6.07 Å². The van der Waals surface area contributed by atoms with Crippen LogP contribution in [0.5, 0.6) is 0 Å². The molecule has 0 saturated carbocycles. The molecule has 108 valence electrons. The average Bonchev–Trinajstić information content (AvgIpc) is 2.84. The van der Waals surface area contributed by atoms with Crippen LogP contribution in [0, 0.1) is 18.3 Å². The Kier molecular flexibility index (Phi) is 3.24. The lowest BCUT2D eigenvalue weighted by Gasteiger charge is -1.96. The van der Waals surface area contributed by atoms with Crippen molar-refractivity contribution in [2.45, 2.75) is 6.92 Å². The number of anilines is 2. The number of aromatic amines is 1. The van der Waals surface area contributed by atoms with E-state index in [1.54, 1.807) is 0 Å². The average molecular weight is 290 g/mol. The number of rotatable bonds is 2. The number of H-pyrrole nitrogens is 1. The molecular weight excluding hydrogens is 276 g/mol. The molecule has 0 radical (unpaired) electrons. The number of aromatic nitrogens is 3. The molecule has 0 amide bonds. The minimum Gasteiger partial charge on any atom is -0.383 e. The van der Waals surface area contributed by atoms with E-state index in [1.807, 2.05) is 43.3 Å². The second kappa shape index (κ2) is 5.22. The number of nitrogen functional groups attached to an aromatic ring is 2. The number of hydrogen-bond acceptors (Lipinski definition) is 5. The van der Waals surface area contributed by atoms with Crippen LogP contribution in [0.2, 0.25) is 0 Å². The van der Waals surface area contributed by atoms with Crippen LogP contribution in [-0.4, -0.2) is 15.0 Å². The van der Waals surface area contributed by atoms with Gasteiger partial charge in [0.1, 0.15) is 17.5 Å². The highest BCUT2D eigenvalue weighted by molar-refractivity contribution is 5.96. The summed E-state index contributed by atoms with van der Waals surface area (Å²) in [6.07, 6.45) is 3.73. The van der Waals surface area contributed by atoms with E-state index in [1.165, 1.54) is 5.56 Å². The van der Waals surface area contributed by atoms with Crippen molar-refractivity contribution in [1.82, 2.24) is 15.0 Å². The number of benzene rings is 1. The Labute approximate surface area is 127 Å². The number of aryl methyl sites for hydroxylation is 1. The SMILES string of the molecule is Cc1ccc(/C=C/c2[nH]c3nc(N)nc(N)c3c2C#N)cc1. The van der Waals surface area contributed by atoms with Gasteiger partial charge in [-0.05, 0) is 18.6 Å². The second-order valence-electron chi connectivity index (χ2n) is 4.96. The Bertz CT molecular complexity index is 912. The first-order valence-electron chi connectivity index (χ1n) is 6.68. The molecule has 6 heteroatoms. The summed E-state index contributed by atoms with van der Waals surface area (Å²) in [6.45, 7) is 2.03. The molecule has 6 nitrogen and oxygen atoms in total. The maximum absolute atomic E-state index is 9.39. The van der Waals surface area contributed by atoms with Crippen LogP contribution in [0.3, 0.4) is 0 Å². The highest BCUT2D eigenvalue weighted by Gasteiger charge is 2.14. The van der Waals surface area contributed by atoms with E-state index in [0.717, 1.165) is 5.56 Å². The maximum Gasteiger partial charge on any atom is 0.223 e. The van der Waals surface area contributed by atoms with Crippen molar-refractivity contribution in [1.29, 1.82) is 5.26 Å². The zero-order valence-electron chi connectivity index (χ0n) is 12.0. The Morgan fingerprint density at radius 2 is 1.86 bits per heavy atom. The first-order chi connectivity index (χ1) is 10.6. The third-order valence-electron chi connectivity index (χ3n) is 3.36. The van der Waals surface area contributed by atoms with Gasteiger partial charge in [-0.1, -0.05) is 35.9 Å². The van der Waals surface area contributed by atoms with Gasteiger partial charge >= 0.3 is 0 Å². The minimum atomic E-state index is 0.0739. The molecule has 2 heterocycles. The number of fused-ring (bicyclic) bond motifs is 1. The van der Waals surface area contributed by atoms with E-state index in [9.17, 15) is 5.26 Å². The third kappa shape index (κ3) is 2.36. The fourth-order valence-electron chi connectivity index (χ4n) is 2.26. The summed E-state index contributed by atoms with van der Waals surface area (Å²) in [6, 6.07) is 10.2. The Balaban J connectivity index is 2.09. The fraction of sp³-hybridized carbons (Fsp3) is 0.0625. The van der Waals surface area contributed by atoms with Gasteiger partial charge in [-0.25, -0.2) is 0 Å². The van der Waals surface area contributed by atoms with Crippen molar-refractivity contribution in [2.24, 2.45) is 0 Å². The summed E-state index contributed by atoms with van der Waals surface area (Å²) in [7, 11) is 0. The van der Waals surface area contributed by atoms with Crippen LogP contribution in [0.4, 0.5) is 11.8 Å². The largest absolute Gasteiger partial charge is 0.383 e. The van der Waals surface area contributed by atoms with E-state index in [-0.39, 0.29) is 11.8 Å². The van der Waals surface area contributed by atoms with Crippen molar-refractivity contribution in [3.63, 3.8) is 0 Å². The summed E-state index contributed by atoms with van der Waals surface area (Å²) in [5.41, 5.74) is 15.2. The molecule has 0 bridgehead atoms. The molecule has 5 N–H and O–H groups in total. The van der Waals surface area contributed by atoms with Crippen LogP contribution in [-0.2, 0) is 0 Å². The molecule has 0 fully saturated rings. The Morgan fingerprint density at radius 1 is 1.14 bits per heavy atom. The normalized spacial score (nSPS) is 11.1. The molecule has 0 aliphatic carbocycles. The molecule has 0 atom stereocenters. The van der Waals surface area contributed by atoms with Gasteiger partial charge in [-0.15, -0.1) is 0 Å². The molecule has 0 aliphatic heterocycles. The van der Waals surface area contributed by atoms with E-state index in [2.05, 4.69) is 21.0 Å². The number of nitriles is 1. The number of nitrogens with two attached hydrogens (primary N) is 2. The second-order valence-corrected chi connectivity index (χ2v) is 4.96. The number of nitrogens with one attached hydrogen (secondary N) is 1. The molecule has 1 aromatic carbocycles. The Hall–Kier alpha value is -3.33. The van der Waals surface area contributed by atoms with Gasteiger partial charge in [0.25, 0.3) is 0 Å². The third-order valence-corrected chi connectivity index (χ3v) is 3.36. The van der Waals surface area contributed by atoms with Gasteiger partial charge in [0.05, 0.1) is 16.6 Å². The summed E-state index contributed by atoms with van der Waals surface area (Å²) in [5.74, 6) is 0.273. The topological polar surface area (TPSA) is 117 Å². The predicted octanol–water partition coefficient (Wildman–Crippen LogP) is 2.47. The lowest BCUT2D eigenvalue weighted by molar-refractivity contribution is 1.22. The lowest BCUT2D eigenvalue weighted by atomic mass is 10.1. The van der Waals surface area contributed by atoms with Crippen molar-refractivity contribution >= 4 is 35.0 Å². The smallest absolute Gasteiger partial charge is 0.223 e. The van der Waals surface area contributed by atoms with Gasteiger partial charge in [0, 0.05) is 0 Å². The lowest BCUT2D eigenvalue weighted by Crippen LogP contribution is -1.99. The summed E-state index contributed by atoms with van der Waals surface area (Å²) >= 11 is 0. The zero-order chi connectivity index (χ0) is 15.7. The molecule has 22 heavy (non-hydrogen) atoms. The van der Waals surface area contributed by atoms with Crippen LogP contribution in [0.15, 0.2) is 24.3 Å². The minimum absolute atomic E-state index is 0.0739.